The largest absolute Gasteiger partial charge is 0.385 e. The van der Waals surface area contributed by atoms with E-state index in [1.807, 2.05) is 18.2 Å². The molecule has 0 spiro atoms. The number of fused-ring (bicyclic) bond motifs is 1. The number of hydrogen-bond acceptors (Lipinski definition) is 3. The molecule has 0 bridgehead atoms. The van der Waals surface area contributed by atoms with Crippen LogP contribution in [0.3, 0.4) is 0 Å². The molecular weight excluding hydrogens is 266 g/mol. The van der Waals surface area contributed by atoms with Gasteiger partial charge in [0.05, 0.1) is 5.69 Å². The van der Waals surface area contributed by atoms with Gasteiger partial charge in [-0.05, 0) is 42.7 Å². The summed E-state index contributed by atoms with van der Waals surface area (Å²) in [7, 11) is 1.66. The second-order valence-corrected chi connectivity index (χ2v) is 5.22. The van der Waals surface area contributed by atoms with Crippen molar-refractivity contribution in [3.05, 3.63) is 58.0 Å². The molecule has 0 atom stereocenters. The van der Waals surface area contributed by atoms with Crippen molar-refractivity contribution in [2.24, 2.45) is 7.05 Å². The van der Waals surface area contributed by atoms with E-state index in [2.05, 4.69) is 10.6 Å². The molecule has 3 rings (SSSR count). The van der Waals surface area contributed by atoms with Gasteiger partial charge in [-0.25, -0.2) is 0 Å². The van der Waals surface area contributed by atoms with E-state index in [-0.39, 0.29) is 11.5 Å². The average Bonchev–Trinajstić information content (AvgIpc) is 2.50. The molecular formula is C16H17N3O2. The molecule has 0 radical (unpaired) electrons. The molecule has 2 heterocycles. The second-order valence-electron chi connectivity index (χ2n) is 5.22. The number of aryl methyl sites for hydroxylation is 2. The van der Waals surface area contributed by atoms with Crippen LogP contribution in [0.1, 0.15) is 22.3 Å². The van der Waals surface area contributed by atoms with Crippen molar-refractivity contribution in [1.29, 1.82) is 0 Å². The Balaban J connectivity index is 1.81. The van der Waals surface area contributed by atoms with E-state index in [1.165, 1.54) is 16.2 Å². The number of amides is 1. The van der Waals surface area contributed by atoms with Crippen LogP contribution in [-0.4, -0.2) is 17.0 Å². The fraction of sp³-hybridized carbons (Fsp3) is 0.250. The number of hydrogen-bond donors (Lipinski definition) is 2. The quantitative estimate of drug-likeness (QED) is 0.886. The third-order valence-corrected chi connectivity index (χ3v) is 3.65. The van der Waals surface area contributed by atoms with Gasteiger partial charge in [-0.1, -0.05) is 0 Å². The summed E-state index contributed by atoms with van der Waals surface area (Å²) in [5.74, 6) is -0.165. The molecule has 5 heteroatoms. The van der Waals surface area contributed by atoms with Gasteiger partial charge in [0.1, 0.15) is 0 Å². The van der Waals surface area contributed by atoms with Crippen LogP contribution in [0.15, 0.2) is 41.3 Å². The molecule has 1 aromatic heterocycles. The molecule has 21 heavy (non-hydrogen) atoms. The van der Waals surface area contributed by atoms with Crippen LogP contribution in [0.2, 0.25) is 0 Å². The zero-order chi connectivity index (χ0) is 14.8. The molecule has 2 N–H and O–H groups in total. The summed E-state index contributed by atoms with van der Waals surface area (Å²) in [6, 6.07) is 8.74. The lowest BCUT2D eigenvalue weighted by Gasteiger charge is -2.18. The van der Waals surface area contributed by atoms with Gasteiger partial charge in [0.2, 0.25) is 5.56 Å². The molecule has 1 aromatic carbocycles. The Kier molecular flexibility index (Phi) is 3.48. The molecule has 0 saturated carbocycles. The minimum atomic E-state index is -0.165. The van der Waals surface area contributed by atoms with E-state index in [9.17, 15) is 9.59 Å². The molecule has 0 aliphatic carbocycles. The highest BCUT2D eigenvalue weighted by molar-refractivity contribution is 6.04. The Morgan fingerprint density at radius 2 is 2.14 bits per heavy atom. The average molecular weight is 283 g/mol. The van der Waals surface area contributed by atoms with Gasteiger partial charge in [-0.15, -0.1) is 0 Å². The van der Waals surface area contributed by atoms with Gasteiger partial charge in [0.15, 0.2) is 0 Å². The van der Waals surface area contributed by atoms with Gasteiger partial charge < -0.3 is 15.2 Å². The lowest BCUT2D eigenvalue weighted by atomic mass is 10.0. The third-order valence-electron chi connectivity index (χ3n) is 3.65. The van der Waals surface area contributed by atoms with Crippen molar-refractivity contribution >= 4 is 17.3 Å². The summed E-state index contributed by atoms with van der Waals surface area (Å²) in [6.45, 7) is 0.983. The maximum atomic E-state index is 12.3. The maximum absolute atomic E-state index is 12.3. The molecule has 108 valence electrons. The minimum Gasteiger partial charge on any atom is -0.385 e. The Morgan fingerprint density at radius 1 is 1.29 bits per heavy atom. The number of anilines is 2. The van der Waals surface area contributed by atoms with Crippen LogP contribution in [-0.2, 0) is 13.5 Å². The molecule has 1 amide bonds. The summed E-state index contributed by atoms with van der Waals surface area (Å²) in [5, 5.41) is 6.14. The van der Waals surface area contributed by atoms with E-state index in [4.69, 9.17) is 0 Å². The third kappa shape index (κ3) is 2.81. The lowest BCUT2D eigenvalue weighted by Crippen LogP contribution is -2.18. The van der Waals surface area contributed by atoms with E-state index in [0.717, 1.165) is 25.1 Å². The van der Waals surface area contributed by atoms with Crippen molar-refractivity contribution in [3.63, 3.8) is 0 Å². The van der Waals surface area contributed by atoms with E-state index in [1.54, 1.807) is 19.3 Å². The number of nitrogens with one attached hydrogen (secondary N) is 2. The van der Waals surface area contributed by atoms with Crippen molar-refractivity contribution < 1.29 is 4.79 Å². The van der Waals surface area contributed by atoms with Crippen molar-refractivity contribution in [2.75, 3.05) is 17.2 Å². The first-order chi connectivity index (χ1) is 10.1. The first-order valence-corrected chi connectivity index (χ1v) is 6.98. The van der Waals surface area contributed by atoms with Crippen LogP contribution >= 0.6 is 0 Å². The molecule has 1 aliphatic rings. The highest BCUT2D eigenvalue weighted by Crippen LogP contribution is 2.23. The molecule has 0 fully saturated rings. The minimum absolute atomic E-state index is 0.104. The van der Waals surface area contributed by atoms with Crippen molar-refractivity contribution in [3.8, 4) is 0 Å². The number of nitrogens with zero attached hydrogens (tertiary/aromatic N) is 1. The molecule has 0 saturated heterocycles. The van der Waals surface area contributed by atoms with Crippen LogP contribution in [0.25, 0.3) is 0 Å². The summed E-state index contributed by atoms with van der Waals surface area (Å²) < 4.78 is 1.44. The Morgan fingerprint density at radius 3 is 2.95 bits per heavy atom. The predicted molar refractivity (Wildman–Crippen MR) is 82.9 cm³/mol. The zero-order valence-corrected chi connectivity index (χ0v) is 11.8. The van der Waals surface area contributed by atoms with Crippen molar-refractivity contribution in [2.45, 2.75) is 12.8 Å². The summed E-state index contributed by atoms with van der Waals surface area (Å²) in [6.07, 6.45) is 3.68. The SMILES string of the molecule is Cn1cc(NC(=O)c2ccc3c(c2)CCCN3)ccc1=O. The summed E-state index contributed by atoms with van der Waals surface area (Å²) in [5.41, 5.74) is 3.42. The van der Waals surface area contributed by atoms with Crippen LogP contribution in [0.4, 0.5) is 11.4 Å². The second kappa shape index (κ2) is 5.44. The van der Waals surface area contributed by atoms with Crippen molar-refractivity contribution in [1.82, 2.24) is 4.57 Å². The molecule has 5 nitrogen and oxygen atoms in total. The number of pyridine rings is 1. The number of benzene rings is 1. The molecule has 0 unspecified atom stereocenters. The monoisotopic (exact) mass is 283 g/mol. The number of rotatable bonds is 2. The van der Waals surface area contributed by atoms with Gasteiger partial charge in [0, 0.05) is 37.1 Å². The Labute approximate surface area is 122 Å². The number of aromatic nitrogens is 1. The first-order valence-electron chi connectivity index (χ1n) is 6.98. The van der Waals surface area contributed by atoms with E-state index >= 15 is 0 Å². The fourth-order valence-corrected chi connectivity index (χ4v) is 2.49. The maximum Gasteiger partial charge on any atom is 0.255 e. The fourth-order valence-electron chi connectivity index (χ4n) is 2.49. The summed E-state index contributed by atoms with van der Waals surface area (Å²) in [4.78, 5) is 23.6. The highest BCUT2D eigenvalue weighted by Gasteiger charge is 2.12. The van der Waals surface area contributed by atoms with Crippen LogP contribution in [0.5, 0.6) is 0 Å². The zero-order valence-electron chi connectivity index (χ0n) is 11.8. The molecule has 1 aliphatic heterocycles. The Bertz CT molecular complexity index is 749. The van der Waals surface area contributed by atoms with Crippen LogP contribution in [0, 0.1) is 0 Å². The van der Waals surface area contributed by atoms with E-state index in [0.29, 0.717) is 11.3 Å². The van der Waals surface area contributed by atoms with Gasteiger partial charge in [0.25, 0.3) is 5.91 Å². The summed E-state index contributed by atoms with van der Waals surface area (Å²) >= 11 is 0. The highest BCUT2D eigenvalue weighted by atomic mass is 16.1. The van der Waals surface area contributed by atoms with Gasteiger partial charge in [-0.2, -0.15) is 0 Å². The topological polar surface area (TPSA) is 63.1 Å². The normalized spacial score (nSPS) is 13.2. The lowest BCUT2D eigenvalue weighted by molar-refractivity contribution is 0.102. The number of carbonyl (C=O) groups is 1. The van der Waals surface area contributed by atoms with Gasteiger partial charge >= 0.3 is 0 Å². The van der Waals surface area contributed by atoms with Crippen LogP contribution < -0.4 is 16.2 Å². The predicted octanol–water partition coefficient (Wildman–Crippen LogP) is 2.00. The standard InChI is InChI=1S/C16H17N3O2/c1-19-10-13(5-7-15(19)20)18-16(21)12-4-6-14-11(9-12)3-2-8-17-14/h4-7,9-10,17H,2-3,8H2,1H3,(H,18,21). The van der Waals surface area contributed by atoms with Gasteiger partial charge in [-0.3, -0.25) is 9.59 Å². The smallest absolute Gasteiger partial charge is 0.255 e. The number of carbonyl (C=O) groups excluding carboxylic acids is 1. The Hall–Kier alpha value is -2.56. The first kappa shape index (κ1) is 13.4. The van der Waals surface area contributed by atoms with E-state index < -0.39 is 0 Å². The molecule has 2 aromatic rings.